The van der Waals surface area contributed by atoms with E-state index in [0.717, 1.165) is 25.4 Å². The lowest BCUT2D eigenvalue weighted by Crippen LogP contribution is -2.42. The average molecular weight is 280 g/mol. The van der Waals surface area contributed by atoms with E-state index in [1.807, 2.05) is 0 Å². The quantitative estimate of drug-likeness (QED) is 0.741. The predicted octanol–water partition coefficient (Wildman–Crippen LogP) is 2.21. The van der Waals surface area contributed by atoms with Crippen LogP contribution < -0.4 is 0 Å². The Morgan fingerprint density at radius 1 is 1.15 bits per heavy atom. The zero-order chi connectivity index (χ0) is 14.4. The zero-order valence-corrected chi connectivity index (χ0v) is 12.3. The van der Waals surface area contributed by atoms with E-state index in [-0.39, 0.29) is 17.3 Å². The van der Waals surface area contributed by atoms with E-state index in [2.05, 4.69) is 13.8 Å². The SMILES string of the molecule is C[C@H]1C2(C[C@@H]3C[C@@H](CC=O)[C@@H](CC=O)[C@@]31C)OCCO2. The summed E-state index contributed by atoms with van der Waals surface area (Å²) in [5.74, 6) is 0.938. The van der Waals surface area contributed by atoms with Crippen LogP contribution in [-0.4, -0.2) is 31.6 Å². The van der Waals surface area contributed by atoms with Crippen LogP contribution in [0.25, 0.3) is 0 Å². The Bertz CT molecular complexity index is 401. The Morgan fingerprint density at radius 3 is 2.40 bits per heavy atom. The van der Waals surface area contributed by atoms with Crippen molar-refractivity contribution in [2.24, 2.45) is 29.1 Å². The van der Waals surface area contributed by atoms with Gasteiger partial charge < -0.3 is 19.1 Å². The Labute approximate surface area is 120 Å². The maximum absolute atomic E-state index is 11.1. The van der Waals surface area contributed by atoms with E-state index in [4.69, 9.17) is 9.47 Å². The van der Waals surface area contributed by atoms with Gasteiger partial charge in [-0.05, 0) is 29.6 Å². The molecule has 2 saturated carbocycles. The standard InChI is InChI=1S/C16H24O4/c1-11-15(2)13(10-16(11)19-7-8-20-16)9-12(3-5-17)14(15)4-6-18/h5-6,11-14H,3-4,7-10H2,1-2H3/t11-,12-,13+,14-,15-/m1/s1. The molecule has 0 amide bonds. The first-order valence-electron chi connectivity index (χ1n) is 7.73. The molecule has 1 spiro atoms. The first-order chi connectivity index (χ1) is 9.58. The zero-order valence-electron chi connectivity index (χ0n) is 12.3. The predicted molar refractivity (Wildman–Crippen MR) is 73.0 cm³/mol. The van der Waals surface area contributed by atoms with Crippen LogP contribution in [0.1, 0.15) is 39.5 Å². The second kappa shape index (κ2) is 4.92. The molecular formula is C16H24O4. The molecule has 0 aromatic carbocycles. The molecule has 0 aromatic rings. The van der Waals surface area contributed by atoms with Crippen LogP contribution >= 0.6 is 0 Å². The molecule has 5 atom stereocenters. The van der Waals surface area contributed by atoms with Crippen LogP contribution in [0.3, 0.4) is 0 Å². The smallest absolute Gasteiger partial charge is 0.171 e. The summed E-state index contributed by atoms with van der Waals surface area (Å²) >= 11 is 0. The molecule has 1 saturated heterocycles. The van der Waals surface area contributed by atoms with Crippen LogP contribution in [0.15, 0.2) is 0 Å². The fraction of sp³-hybridized carbons (Fsp3) is 0.875. The normalized spacial score (nSPS) is 45.7. The Kier molecular flexibility index (Phi) is 3.49. The molecule has 0 bridgehead atoms. The number of ether oxygens (including phenoxy) is 2. The lowest BCUT2D eigenvalue weighted by atomic mass is 9.67. The maximum Gasteiger partial charge on any atom is 0.171 e. The van der Waals surface area contributed by atoms with E-state index < -0.39 is 5.79 Å². The summed E-state index contributed by atoms with van der Waals surface area (Å²) < 4.78 is 11.9. The Balaban J connectivity index is 1.91. The molecular weight excluding hydrogens is 256 g/mol. The molecule has 0 radical (unpaired) electrons. The van der Waals surface area contributed by atoms with Gasteiger partial charge in [0.15, 0.2) is 5.79 Å². The van der Waals surface area contributed by atoms with E-state index in [9.17, 15) is 9.59 Å². The number of hydrogen-bond acceptors (Lipinski definition) is 4. The van der Waals surface area contributed by atoms with Gasteiger partial charge in [0.25, 0.3) is 0 Å². The van der Waals surface area contributed by atoms with Gasteiger partial charge in [0.1, 0.15) is 12.6 Å². The molecule has 4 nitrogen and oxygen atoms in total. The lowest BCUT2D eigenvalue weighted by molar-refractivity contribution is -0.194. The van der Waals surface area contributed by atoms with Crippen molar-refractivity contribution < 1.29 is 19.1 Å². The van der Waals surface area contributed by atoms with Crippen LogP contribution in [0, 0.1) is 29.1 Å². The van der Waals surface area contributed by atoms with Crippen molar-refractivity contribution in [2.45, 2.75) is 45.3 Å². The van der Waals surface area contributed by atoms with Crippen molar-refractivity contribution in [2.75, 3.05) is 13.2 Å². The highest BCUT2D eigenvalue weighted by Gasteiger charge is 2.67. The van der Waals surface area contributed by atoms with Crippen molar-refractivity contribution in [3.8, 4) is 0 Å². The number of aldehydes is 2. The molecule has 20 heavy (non-hydrogen) atoms. The van der Waals surface area contributed by atoms with Gasteiger partial charge in [-0.15, -0.1) is 0 Å². The number of carbonyl (C=O) groups excluding carboxylic acids is 2. The highest BCUT2D eigenvalue weighted by Crippen LogP contribution is 2.67. The second-order valence-electron chi connectivity index (χ2n) is 6.90. The average Bonchev–Trinajstić information content (AvgIpc) is 3.04. The van der Waals surface area contributed by atoms with Crippen molar-refractivity contribution in [3.05, 3.63) is 0 Å². The third-order valence-electron chi connectivity index (χ3n) is 6.48. The molecule has 3 aliphatic rings. The summed E-state index contributed by atoms with van der Waals surface area (Å²) in [7, 11) is 0. The van der Waals surface area contributed by atoms with E-state index in [0.29, 0.717) is 37.9 Å². The molecule has 112 valence electrons. The molecule has 0 N–H and O–H groups in total. The van der Waals surface area contributed by atoms with Gasteiger partial charge in [-0.3, -0.25) is 0 Å². The number of carbonyl (C=O) groups is 2. The summed E-state index contributed by atoms with van der Waals surface area (Å²) in [5.41, 5.74) is 0.0406. The first kappa shape index (κ1) is 14.2. The maximum atomic E-state index is 11.1. The Hall–Kier alpha value is -0.740. The summed E-state index contributed by atoms with van der Waals surface area (Å²) in [6.07, 6.45) is 5.08. The van der Waals surface area contributed by atoms with Crippen molar-refractivity contribution in [1.29, 1.82) is 0 Å². The van der Waals surface area contributed by atoms with Gasteiger partial charge in [-0.1, -0.05) is 13.8 Å². The fourth-order valence-electron chi connectivity index (χ4n) is 5.34. The summed E-state index contributed by atoms with van der Waals surface area (Å²) in [6, 6.07) is 0. The second-order valence-corrected chi connectivity index (χ2v) is 6.90. The largest absolute Gasteiger partial charge is 0.347 e. The van der Waals surface area contributed by atoms with E-state index >= 15 is 0 Å². The molecule has 4 heteroatoms. The first-order valence-corrected chi connectivity index (χ1v) is 7.73. The number of rotatable bonds is 4. The highest BCUT2D eigenvalue weighted by atomic mass is 16.7. The number of fused-ring (bicyclic) bond motifs is 1. The van der Waals surface area contributed by atoms with E-state index in [1.54, 1.807) is 0 Å². The van der Waals surface area contributed by atoms with Crippen molar-refractivity contribution in [3.63, 3.8) is 0 Å². The minimum Gasteiger partial charge on any atom is -0.347 e. The molecule has 2 aliphatic carbocycles. The molecule has 3 fully saturated rings. The topological polar surface area (TPSA) is 52.6 Å². The minimum absolute atomic E-state index is 0.0406. The van der Waals surface area contributed by atoms with Gasteiger partial charge in [-0.25, -0.2) is 0 Å². The van der Waals surface area contributed by atoms with Gasteiger partial charge in [-0.2, -0.15) is 0 Å². The van der Waals surface area contributed by atoms with Gasteiger partial charge >= 0.3 is 0 Å². The fourth-order valence-corrected chi connectivity index (χ4v) is 5.34. The summed E-state index contributed by atoms with van der Waals surface area (Å²) in [6.45, 7) is 5.82. The molecule has 1 aliphatic heterocycles. The van der Waals surface area contributed by atoms with Gasteiger partial charge in [0.2, 0.25) is 0 Å². The molecule has 3 rings (SSSR count). The molecule has 0 unspecified atom stereocenters. The summed E-state index contributed by atoms with van der Waals surface area (Å²) in [4.78, 5) is 22.0. The van der Waals surface area contributed by atoms with Crippen molar-refractivity contribution >= 4 is 12.6 Å². The van der Waals surface area contributed by atoms with Crippen LogP contribution in [0.4, 0.5) is 0 Å². The lowest BCUT2D eigenvalue weighted by Gasteiger charge is -2.40. The van der Waals surface area contributed by atoms with Gasteiger partial charge in [0.05, 0.1) is 13.2 Å². The van der Waals surface area contributed by atoms with Crippen LogP contribution in [-0.2, 0) is 19.1 Å². The minimum atomic E-state index is -0.438. The third-order valence-corrected chi connectivity index (χ3v) is 6.48. The van der Waals surface area contributed by atoms with E-state index in [1.165, 1.54) is 0 Å². The monoisotopic (exact) mass is 280 g/mol. The number of hydrogen-bond donors (Lipinski definition) is 0. The molecule has 0 aromatic heterocycles. The highest BCUT2D eigenvalue weighted by molar-refractivity contribution is 5.53. The molecule has 1 heterocycles. The van der Waals surface area contributed by atoms with Crippen LogP contribution in [0.5, 0.6) is 0 Å². The van der Waals surface area contributed by atoms with Crippen LogP contribution in [0.2, 0.25) is 0 Å². The Morgan fingerprint density at radius 2 is 1.80 bits per heavy atom. The van der Waals surface area contributed by atoms with Gasteiger partial charge in [0, 0.05) is 25.2 Å². The summed E-state index contributed by atoms with van der Waals surface area (Å²) in [5, 5.41) is 0. The van der Waals surface area contributed by atoms with Crippen molar-refractivity contribution in [1.82, 2.24) is 0 Å². The third kappa shape index (κ3) is 1.74.